The Balaban J connectivity index is 2.20. The number of ether oxygens (including phenoxy) is 1. The average molecular weight is 262 g/mol. The average Bonchev–Trinajstić information content (AvgIpc) is 2.71. The highest BCUT2D eigenvalue weighted by atomic mass is 16.5. The van der Waals surface area contributed by atoms with Crippen LogP contribution in [0.25, 0.3) is 5.69 Å². The standard InChI is InChI=1S/C12H14N4O3/c1-9(2)19-11(17)8-15-12(18)16(14-13-15)10-6-4-3-5-7-10/h3-7,9H,8H2,1-2H3. The molecule has 0 atom stereocenters. The molecule has 1 aromatic carbocycles. The molecule has 2 aromatic rings. The van der Waals surface area contributed by atoms with E-state index in [9.17, 15) is 9.59 Å². The molecule has 0 unspecified atom stereocenters. The second kappa shape index (κ2) is 5.47. The van der Waals surface area contributed by atoms with E-state index in [4.69, 9.17) is 4.74 Å². The number of carbonyl (C=O) groups is 1. The third kappa shape index (κ3) is 3.06. The van der Waals surface area contributed by atoms with Crippen LogP contribution in [0.2, 0.25) is 0 Å². The minimum absolute atomic E-state index is 0.229. The highest BCUT2D eigenvalue weighted by Gasteiger charge is 2.13. The van der Waals surface area contributed by atoms with Crippen LogP contribution in [0.4, 0.5) is 0 Å². The van der Waals surface area contributed by atoms with Crippen molar-refractivity contribution in [2.24, 2.45) is 0 Å². The summed E-state index contributed by atoms with van der Waals surface area (Å²) in [5.74, 6) is -0.516. The van der Waals surface area contributed by atoms with Crippen molar-refractivity contribution in [2.75, 3.05) is 0 Å². The molecule has 2 rings (SSSR count). The first-order valence-electron chi connectivity index (χ1n) is 5.85. The molecule has 7 nitrogen and oxygen atoms in total. The van der Waals surface area contributed by atoms with Gasteiger partial charge in [-0.2, -0.15) is 9.36 Å². The van der Waals surface area contributed by atoms with Crippen LogP contribution in [0, 0.1) is 0 Å². The Kier molecular flexibility index (Phi) is 3.74. The number of esters is 1. The quantitative estimate of drug-likeness (QED) is 0.744. The Labute approximate surface area is 109 Å². The van der Waals surface area contributed by atoms with Crippen molar-refractivity contribution in [3.63, 3.8) is 0 Å². The minimum Gasteiger partial charge on any atom is -0.462 e. The molecule has 100 valence electrons. The van der Waals surface area contributed by atoms with Crippen molar-refractivity contribution in [2.45, 2.75) is 26.5 Å². The largest absolute Gasteiger partial charge is 0.462 e. The van der Waals surface area contributed by atoms with Crippen LogP contribution in [0.5, 0.6) is 0 Å². The zero-order valence-corrected chi connectivity index (χ0v) is 10.7. The number of benzene rings is 1. The van der Waals surface area contributed by atoms with Crippen LogP contribution < -0.4 is 5.69 Å². The molecule has 0 radical (unpaired) electrons. The van der Waals surface area contributed by atoms with E-state index >= 15 is 0 Å². The lowest BCUT2D eigenvalue weighted by Crippen LogP contribution is -2.28. The maximum Gasteiger partial charge on any atom is 0.369 e. The zero-order chi connectivity index (χ0) is 13.8. The van der Waals surface area contributed by atoms with Crippen molar-refractivity contribution in [3.05, 3.63) is 40.8 Å². The molecule has 0 N–H and O–H groups in total. The summed E-state index contributed by atoms with van der Waals surface area (Å²) >= 11 is 0. The Morgan fingerprint density at radius 2 is 1.95 bits per heavy atom. The zero-order valence-electron chi connectivity index (χ0n) is 10.7. The second-order valence-corrected chi connectivity index (χ2v) is 4.21. The molecular formula is C12H14N4O3. The van der Waals surface area contributed by atoms with Gasteiger partial charge in [0.25, 0.3) is 0 Å². The maximum absolute atomic E-state index is 12.0. The Bertz CT molecular complexity index is 615. The first-order chi connectivity index (χ1) is 9.08. The van der Waals surface area contributed by atoms with Crippen molar-refractivity contribution in [3.8, 4) is 5.69 Å². The highest BCUT2D eigenvalue weighted by Crippen LogP contribution is 2.00. The number of hydrogen-bond acceptors (Lipinski definition) is 5. The lowest BCUT2D eigenvalue weighted by atomic mass is 10.3. The number of hydrogen-bond donors (Lipinski definition) is 0. The number of aromatic nitrogens is 4. The normalized spacial score (nSPS) is 10.7. The van der Waals surface area contributed by atoms with E-state index in [2.05, 4.69) is 10.4 Å². The Morgan fingerprint density at radius 3 is 2.58 bits per heavy atom. The van der Waals surface area contributed by atoms with E-state index in [1.165, 1.54) is 0 Å². The van der Waals surface area contributed by atoms with Crippen molar-refractivity contribution in [1.29, 1.82) is 0 Å². The van der Waals surface area contributed by atoms with Gasteiger partial charge in [-0.25, -0.2) is 4.79 Å². The second-order valence-electron chi connectivity index (χ2n) is 4.21. The summed E-state index contributed by atoms with van der Waals surface area (Å²) < 4.78 is 7.05. The number of para-hydroxylation sites is 1. The summed E-state index contributed by atoms with van der Waals surface area (Å²) in [4.78, 5) is 23.4. The fourth-order valence-electron chi connectivity index (χ4n) is 1.53. The Hall–Kier alpha value is -2.44. The summed E-state index contributed by atoms with van der Waals surface area (Å²) in [6.45, 7) is 3.23. The molecule has 0 fully saturated rings. The lowest BCUT2D eigenvalue weighted by Gasteiger charge is -2.06. The number of tetrazole rings is 1. The van der Waals surface area contributed by atoms with Crippen LogP contribution in [-0.2, 0) is 16.1 Å². The number of rotatable bonds is 4. The SMILES string of the molecule is CC(C)OC(=O)Cn1nnn(-c2ccccc2)c1=O. The molecule has 0 aliphatic carbocycles. The van der Waals surface area contributed by atoms with Crippen LogP contribution in [0.1, 0.15) is 13.8 Å². The monoisotopic (exact) mass is 262 g/mol. The molecule has 0 bridgehead atoms. The molecule has 0 amide bonds. The van der Waals surface area contributed by atoms with Crippen LogP contribution in [-0.4, -0.2) is 31.9 Å². The first-order valence-corrected chi connectivity index (χ1v) is 5.85. The maximum atomic E-state index is 12.0. The molecule has 0 saturated heterocycles. The van der Waals surface area contributed by atoms with E-state index in [0.717, 1.165) is 9.36 Å². The van der Waals surface area contributed by atoms with E-state index in [1.807, 2.05) is 6.07 Å². The topological polar surface area (TPSA) is 79.0 Å². The van der Waals surface area contributed by atoms with Gasteiger partial charge in [-0.05, 0) is 36.4 Å². The molecule has 1 aromatic heterocycles. The molecule has 0 aliphatic rings. The van der Waals surface area contributed by atoms with Gasteiger partial charge in [0.05, 0.1) is 11.8 Å². The summed E-state index contributed by atoms with van der Waals surface area (Å²) in [7, 11) is 0. The number of nitrogens with zero attached hydrogens (tertiary/aromatic N) is 4. The molecule has 0 spiro atoms. The van der Waals surface area contributed by atoms with E-state index in [0.29, 0.717) is 5.69 Å². The van der Waals surface area contributed by atoms with Crippen LogP contribution >= 0.6 is 0 Å². The van der Waals surface area contributed by atoms with E-state index in [1.54, 1.807) is 38.1 Å². The molecule has 19 heavy (non-hydrogen) atoms. The fourth-order valence-corrected chi connectivity index (χ4v) is 1.53. The van der Waals surface area contributed by atoms with Crippen molar-refractivity contribution in [1.82, 2.24) is 19.8 Å². The molecule has 1 heterocycles. The van der Waals surface area contributed by atoms with Crippen molar-refractivity contribution >= 4 is 5.97 Å². The van der Waals surface area contributed by atoms with Gasteiger partial charge in [0, 0.05) is 0 Å². The lowest BCUT2D eigenvalue weighted by molar-refractivity contribution is -0.148. The van der Waals surface area contributed by atoms with Gasteiger partial charge in [-0.1, -0.05) is 18.2 Å². The van der Waals surface area contributed by atoms with Gasteiger partial charge in [0.15, 0.2) is 0 Å². The smallest absolute Gasteiger partial charge is 0.369 e. The summed E-state index contributed by atoms with van der Waals surface area (Å²) in [5.41, 5.74) is 0.114. The molecule has 7 heteroatoms. The predicted octanol–water partition coefficient (Wildman–Crippen LogP) is 0.381. The molecular weight excluding hydrogens is 248 g/mol. The van der Waals surface area contributed by atoms with Crippen molar-refractivity contribution < 1.29 is 9.53 Å². The van der Waals surface area contributed by atoms with Crippen LogP contribution in [0.3, 0.4) is 0 Å². The fraction of sp³-hybridized carbons (Fsp3) is 0.333. The van der Waals surface area contributed by atoms with Gasteiger partial charge < -0.3 is 4.74 Å². The first kappa shape index (κ1) is 13.0. The minimum atomic E-state index is -0.516. The highest BCUT2D eigenvalue weighted by molar-refractivity contribution is 5.69. The van der Waals surface area contributed by atoms with E-state index < -0.39 is 11.7 Å². The molecule has 0 aliphatic heterocycles. The van der Waals surface area contributed by atoms with Gasteiger partial charge in [0.1, 0.15) is 6.54 Å². The summed E-state index contributed by atoms with van der Waals surface area (Å²) in [6, 6.07) is 8.86. The van der Waals surface area contributed by atoms with Gasteiger partial charge in [-0.3, -0.25) is 4.79 Å². The van der Waals surface area contributed by atoms with Gasteiger partial charge in [0.2, 0.25) is 0 Å². The molecule has 0 saturated carbocycles. The Morgan fingerprint density at radius 1 is 1.26 bits per heavy atom. The van der Waals surface area contributed by atoms with Gasteiger partial charge >= 0.3 is 11.7 Å². The van der Waals surface area contributed by atoms with Crippen LogP contribution in [0.15, 0.2) is 35.1 Å². The number of carbonyl (C=O) groups excluding carboxylic acids is 1. The van der Waals surface area contributed by atoms with Gasteiger partial charge in [-0.15, -0.1) is 0 Å². The summed E-state index contributed by atoms with van der Waals surface area (Å²) in [6.07, 6.45) is -0.229. The third-order valence-corrected chi connectivity index (χ3v) is 2.29. The predicted molar refractivity (Wildman–Crippen MR) is 66.8 cm³/mol. The van der Waals surface area contributed by atoms with E-state index in [-0.39, 0.29) is 12.6 Å². The third-order valence-electron chi connectivity index (χ3n) is 2.29. The summed E-state index contributed by atoms with van der Waals surface area (Å²) in [5, 5.41) is 7.38.